The Bertz CT molecular complexity index is 986. The van der Waals surface area contributed by atoms with Crippen LogP contribution in [-0.4, -0.2) is 40.4 Å². The molecule has 2 heterocycles. The number of hydrogen-bond acceptors (Lipinski definition) is 5. The van der Waals surface area contributed by atoms with Gasteiger partial charge < -0.3 is 5.32 Å². The fourth-order valence-electron chi connectivity index (χ4n) is 3.63. The highest BCUT2D eigenvalue weighted by atomic mass is 32.1. The molecule has 1 atom stereocenters. The molecule has 1 aliphatic heterocycles. The number of para-hydroxylation sites is 1. The molecule has 0 bridgehead atoms. The number of imide groups is 1. The number of amides is 3. The minimum absolute atomic E-state index is 0.206. The zero-order valence-electron chi connectivity index (χ0n) is 15.9. The molecular formula is C21H22N4O2S. The number of nitrogens with one attached hydrogen (secondary N) is 1. The Labute approximate surface area is 167 Å². The van der Waals surface area contributed by atoms with E-state index < -0.39 is 5.54 Å². The van der Waals surface area contributed by atoms with Gasteiger partial charge in [-0.15, -0.1) is 11.3 Å². The molecule has 0 unspecified atom stereocenters. The van der Waals surface area contributed by atoms with Gasteiger partial charge in [0.25, 0.3) is 5.91 Å². The number of fused-ring (bicyclic) bond motifs is 1. The van der Waals surface area contributed by atoms with Crippen LogP contribution >= 0.6 is 11.3 Å². The van der Waals surface area contributed by atoms with E-state index >= 15 is 0 Å². The number of aromatic nitrogens is 1. The van der Waals surface area contributed by atoms with Gasteiger partial charge in [-0.25, -0.2) is 14.7 Å². The van der Waals surface area contributed by atoms with Crippen molar-refractivity contribution in [3.63, 3.8) is 0 Å². The standard InChI is InChI=1S/C21H22N4O2S/c1-3-21(15-9-5-4-6-10-15)19(26)25(20(27)23-21)14-24(2)13-18-22-16-11-7-8-12-17(16)28-18/h4-12H,3,13-14H2,1-2H3,(H,23,27)/t21-/m1/s1. The van der Waals surface area contributed by atoms with Gasteiger partial charge in [0, 0.05) is 0 Å². The minimum atomic E-state index is -0.991. The number of urea groups is 1. The predicted octanol–water partition coefficient (Wildman–Crippen LogP) is 3.54. The van der Waals surface area contributed by atoms with Crippen LogP contribution in [0.2, 0.25) is 0 Å². The van der Waals surface area contributed by atoms with Crippen LogP contribution in [0.4, 0.5) is 4.79 Å². The van der Waals surface area contributed by atoms with Gasteiger partial charge in [0.05, 0.1) is 23.4 Å². The largest absolute Gasteiger partial charge is 0.326 e. The maximum Gasteiger partial charge on any atom is 0.326 e. The van der Waals surface area contributed by atoms with Crippen molar-refractivity contribution in [2.45, 2.75) is 25.4 Å². The van der Waals surface area contributed by atoms with Crippen LogP contribution in [0.3, 0.4) is 0 Å². The Morgan fingerprint density at radius 2 is 1.82 bits per heavy atom. The Balaban J connectivity index is 1.51. The van der Waals surface area contributed by atoms with Crippen LogP contribution in [0.1, 0.15) is 23.9 Å². The summed E-state index contributed by atoms with van der Waals surface area (Å²) in [6.07, 6.45) is 0.500. The molecule has 3 aromatic rings. The summed E-state index contributed by atoms with van der Waals surface area (Å²) < 4.78 is 1.13. The molecule has 1 N–H and O–H groups in total. The molecule has 1 fully saturated rings. The highest BCUT2D eigenvalue weighted by molar-refractivity contribution is 7.18. The molecule has 1 saturated heterocycles. The number of hydrogen-bond donors (Lipinski definition) is 1. The summed E-state index contributed by atoms with van der Waals surface area (Å²) in [6, 6.07) is 17.1. The first-order valence-corrected chi connectivity index (χ1v) is 10.1. The molecule has 7 heteroatoms. The van der Waals surface area contributed by atoms with E-state index in [4.69, 9.17) is 0 Å². The number of carbonyl (C=O) groups excluding carboxylic acids is 2. The number of thiazole rings is 1. The van der Waals surface area contributed by atoms with Gasteiger partial charge in [-0.1, -0.05) is 49.4 Å². The third-order valence-corrected chi connectivity index (χ3v) is 6.12. The molecule has 1 aliphatic rings. The summed E-state index contributed by atoms with van der Waals surface area (Å²) in [4.78, 5) is 33.7. The van der Waals surface area contributed by atoms with E-state index in [1.807, 2.05) is 73.5 Å². The third kappa shape index (κ3) is 3.16. The summed E-state index contributed by atoms with van der Waals surface area (Å²) in [5.41, 5.74) is 0.793. The summed E-state index contributed by atoms with van der Waals surface area (Å²) in [7, 11) is 1.89. The summed E-state index contributed by atoms with van der Waals surface area (Å²) in [5, 5.41) is 3.88. The quantitative estimate of drug-likeness (QED) is 0.650. The maximum absolute atomic E-state index is 13.2. The average Bonchev–Trinajstić information content (AvgIpc) is 3.22. The lowest BCUT2D eigenvalue weighted by atomic mass is 9.87. The second kappa shape index (κ2) is 7.33. The normalized spacial score (nSPS) is 19.6. The van der Waals surface area contributed by atoms with Gasteiger partial charge in [-0.05, 0) is 31.2 Å². The average molecular weight is 395 g/mol. The van der Waals surface area contributed by atoms with Crippen LogP contribution in [0, 0.1) is 0 Å². The highest BCUT2D eigenvalue weighted by Gasteiger charge is 2.51. The van der Waals surface area contributed by atoms with Crippen molar-refractivity contribution in [1.82, 2.24) is 20.1 Å². The van der Waals surface area contributed by atoms with E-state index in [2.05, 4.69) is 10.3 Å². The van der Waals surface area contributed by atoms with Crippen LogP contribution in [0.25, 0.3) is 10.2 Å². The minimum Gasteiger partial charge on any atom is -0.319 e. The Morgan fingerprint density at radius 3 is 2.54 bits per heavy atom. The van der Waals surface area contributed by atoms with E-state index in [9.17, 15) is 9.59 Å². The van der Waals surface area contributed by atoms with Gasteiger partial charge in [-0.3, -0.25) is 9.69 Å². The molecule has 0 aliphatic carbocycles. The molecule has 144 valence electrons. The van der Waals surface area contributed by atoms with Crippen molar-refractivity contribution in [3.8, 4) is 0 Å². The first-order valence-electron chi connectivity index (χ1n) is 9.26. The number of nitrogens with zero attached hydrogens (tertiary/aromatic N) is 3. The Kier molecular flexibility index (Phi) is 4.87. The molecule has 4 rings (SSSR count). The van der Waals surface area contributed by atoms with Crippen molar-refractivity contribution in [2.75, 3.05) is 13.7 Å². The smallest absolute Gasteiger partial charge is 0.319 e. The second-order valence-corrected chi connectivity index (χ2v) is 8.13. The van der Waals surface area contributed by atoms with Crippen LogP contribution in [-0.2, 0) is 16.9 Å². The topological polar surface area (TPSA) is 65.5 Å². The molecule has 3 amide bonds. The van der Waals surface area contributed by atoms with E-state index in [-0.39, 0.29) is 18.6 Å². The fraction of sp³-hybridized carbons (Fsp3) is 0.286. The predicted molar refractivity (Wildman–Crippen MR) is 110 cm³/mol. The van der Waals surface area contributed by atoms with Crippen molar-refractivity contribution < 1.29 is 9.59 Å². The number of rotatable bonds is 6. The first-order chi connectivity index (χ1) is 13.5. The van der Waals surface area contributed by atoms with Gasteiger partial charge >= 0.3 is 6.03 Å². The summed E-state index contributed by atoms with van der Waals surface area (Å²) in [5.74, 6) is -0.206. The molecule has 0 spiro atoms. The van der Waals surface area contributed by atoms with Crippen LogP contribution in [0.15, 0.2) is 54.6 Å². The molecule has 2 aromatic carbocycles. The fourth-order valence-corrected chi connectivity index (χ4v) is 4.67. The SMILES string of the molecule is CC[C@]1(c2ccccc2)NC(=O)N(CN(C)Cc2nc3ccccc3s2)C1=O. The van der Waals surface area contributed by atoms with Crippen LogP contribution in [0.5, 0.6) is 0 Å². The lowest BCUT2D eigenvalue weighted by Crippen LogP contribution is -2.44. The van der Waals surface area contributed by atoms with E-state index in [1.165, 1.54) is 4.90 Å². The lowest BCUT2D eigenvalue weighted by Gasteiger charge is -2.26. The molecule has 0 radical (unpaired) electrons. The zero-order valence-corrected chi connectivity index (χ0v) is 16.7. The maximum atomic E-state index is 13.2. The van der Waals surface area contributed by atoms with Crippen molar-refractivity contribution in [1.29, 1.82) is 0 Å². The number of benzene rings is 2. The molecular weight excluding hydrogens is 372 g/mol. The molecule has 6 nitrogen and oxygen atoms in total. The van der Waals surface area contributed by atoms with E-state index in [1.54, 1.807) is 11.3 Å². The van der Waals surface area contributed by atoms with Crippen molar-refractivity contribution >= 4 is 33.5 Å². The van der Waals surface area contributed by atoms with Gasteiger partial charge in [-0.2, -0.15) is 0 Å². The van der Waals surface area contributed by atoms with E-state index in [0.717, 1.165) is 20.8 Å². The second-order valence-electron chi connectivity index (χ2n) is 7.02. The lowest BCUT2D eigenvalue weighted by molar-refractivity contribution is -0.133. The molecule has 1 aromatic heterocycles. The third-order valence-electron chi connectivity index (χ3n) is 5.10. The van der Waals surface area contributed by atoms with Gasteiger partial charge in [0.2, 0.25) is 0 Å². The molecule has 0 saturated carbocycles. The van der Waals surface area contributed by atoms with Crippen molar-refractivity contribution in [2.24, 2.45) is 0 Å². The Morgan fingerprint density at radius 1 is 1.11 bits per heavy atom. The highest BCUT2D eigenvalue weighted by Crippen LogP contribution is 2.32. The number of carbonyl (C=O) groups is 2. The summed E-state index contributed by atoms with van der Waals surface area (Å²) >= 11 is 1.63. The van der Waals surface area contributed by atoms with Gasteiger partial charge in [0.1, 0.15) is 10.5 Å². The van der Waals surface area contributed by atoms with E-state index in [0.29, 0.717) is 13.0 Å². The monoisotopic (exact) mass is 394 g/mol. The molecule has 28 heavy (non-hydrogen) atoms. The Hall–Kier alpha value is -2.77. The van der Waals surface area contributed by atoms with Crippen LogP contribution < -0.4 is 5.32 Å². The first kappa shape index (κ1) is 18.6. The van der Waals surface area contributed by atoms with Gasteiger partial charge in [0.15, 0.2) is 0 Å². The summed E-state index contributed by atoms with van der Waals surface area (Å²) in [6.45, 7) is 2.70. The van der Waals surface area contributed by atoms with Crippen molar-refractivity contribution in [3.05, 3.63) is 65.2 Å². The zero-order chi connectivity index (χ0) is 19.7.